The van der Waals surface area contributed by atoms with Gasteiger partial charge in [-0.3, -0.25) is 14.4 Å². The summed E-state index contributed by atoms with van der Waals surface area (Å²) >= 11 is 0. The quantitative estimate of drug-likeness (QED) is 0.0262. The van der Waals surface area contributed by atoms with Gasteiger partial charge in [0.05, 0.1) is 0 Å². The van der Waals surface area contributed by atoms with Crippen molar-refractivity contribution < 1.29 is 28.6 Å². The predicted octanol–water partition coefficient (Wildman–Crippen LogP) is 18.5. The van der Waals surface area contributed by atoms with Crippen LogP contribution in [0.15, 0.2) is 36.5 Å². The minimum atomic E-state index is -0.775. The SMILES string of the molecule is CC/C=C/C=C/C=C/CCCCCCCC(=O)OCC(COC(=O)CCCCCCCCCCCCCCCCCCC)OC(=O)CCCCCCCCCCCCCCCCCC. The minimum absolute atomic E-state index is 0.0740. The molecule has 1 unspecified atom stereocenters. The summed E-state index contributed by atoms with van der Waals surface area (Å²) in [6.07, 6.45) is 62.8. The van der Waals surface area contributed by atoms with E-state index in [-0.39, 0.29) is 31.1 Å². The third-order valence-corrected chi connectivity index (χ3v) is 12.5. The molecule has 6 heteroatoms. The van der Waals surface area contributed by atoms with Crippen LogP contribution in [-0.4, -0.2) is 37.2 Å². The molecule has 0 amide bonds. The van der Waals surface area contributed by atoms with Gasteiger partial charge in [-0.25, -0.2) is 0 Å². The number of carbonyl (C=O) groups is 3. The number of carbonyl (C=O) groups excluding carboxylic acids is 3. The molecule has 374 valence electrons. The Kier molecular flexibility index (Phi) is 51.3. The molecule has 0 saturated heterocycles. The summed E-state index contributed by atoms with van der Waals surface area (Å²) in [6.45, 7) is 6.53. The zero-order valence-corrected chi connectivity index (χ0v) is 42.8. The summed E-state index contributed by atoms with van der Waals surface area (Å²) in [6, 6.07) is 0. The Morgan fingerprint density at radius 3 is 0.938 bits per heavy atom. The maximum absolute atomic E-state index is 12.8. The summed E-state index contributed by atoms with van der Waals surface area (Å²) < 4.78 is 16.8. The third kappa shape index (κ3) is 50.6. The van der Waals surface area contributed by atoms with Gasteiger partial charge in [-0.1, -0.05) is 276 Å². The van der Waals surface area contributed by atoms with Crippen molar-refractivity contribution in [3.8, 4) is 0 Å². The van der Waals surface area contributed by atoms with Crippen LogP contribution in [0.3, 0.4) is 0 Å². The number of allylic oxidation sites excluding steroid dienone is 6. The van der Waals surface area contributed by atoms with E-state index in [1.165, 1.54) is 173 Å². The number of hydrogen-bond donors (Lipinski definition) is 0. The average Bonchev–Trinajstić information content (AvgIpc) is 3.29. The van der Waals surface area contributed by atoms with E-state index < -0.39 is 6.10 Å². The number of rotatable bonds is 51. The fourth-order valence-electron chi connectivity index (χ4n) is 8.27. The van der Waals surface area contributed by atoms with Gasteiger partial charge in [-0.2, -0.15) is 0 Å². The monoisotopic (exact) mass is 899 g/mol. The number of hydrogen-bond acceptors (Lipinski definition) is 6. The molecule has 0 aliphatic heterocycles. The number of esters is 3. The summed E-state index contributed by atoms with van der Waals surface area (Å²) in [4.78, 5) is 38.1. The highest BCUT2D eigenvalue weighted by Crippen LogP contribution is 2.17. The average molecular weight is 899 g/mol. The van der Waals surface area contributed by atoms with Crippen LogP contribution in [0, 0.1) is 0 Å². The zero-order valence-electron chi connectivity index (χ0n) is 42.8. The smallest absolute Gasteiger partial charge is 0.306 e. The van der Waals surface area contributed by atoms with E-state index in [2.05, 4.69) is 57.2 Å². The lowest BCUT2D eigenvalue weighted by Crippen LogP contribution is -2.30. The lowest BCUT2D eigenvalue weighted by atomic mass is 10.0. The Morgan fingerprint density at radius 2 is 0.609 bits per heavy atom. The van der Waals surface area contributed by atoms with Crippen molar-refractivity contribution in [2.45, 2.75) is 303 Å². The molecule has 6 nitrogen and oxygen atoms in total. The normalized spacial score (nSPS) is 12.2. The second-order valence-corrected chi connectivity index (χ2v) is 18.9. The number of ether oxygens (including phenoxy) is 3. The molecular formula is C58H106O6. The molecule has 0 aromatic carbocycles. The Balaban J connectivity index is 4.33. The maximum atomic E-state index is 12.8. The lowest BCUT2D eigenvalue weighted by molar-refractivity contribution is -0.167. The molecular weight excluding hydrogens is 793 g/mol. The Bertz CT molecular complexity index is 1080. The van der Waals surface area contributed by atoms with E-state index in [4.69, 9.17) is 14.2 Å². The van der Waals surface area contributed by atoms with Crippen LogP contribution < -0.4 is 0 Å². The van der Waals surface area contributed by atoms with Gasteiger partial charge in [-0.05, 0) is 38.5 Å². The van der Waals surface area contributed by atoms with E-state index in [0.29, 0.717) is 19.3 Å². The second kappa shape index (κ2) is 53.2. The second-order valence-electron chi connectivity index (χ2n) is 18.9. The van der Waals surface area contributed by atoms with Crippen LogP contribution >= 0.6 is 0 Å². The molecule has 0 heterocycles. The topological polar surface area (TPSA) is 78.9 Å². The van der Waals surface area contributed by atoms with Crippen LogP contribution in [0.2, 0.25) is 0 Å². The molecule has 0 aliphatic rings. The molecule has 64 heavy (non-hydrogen) atoms. The molecule has 1 atom stereocenters. The molecule has 0 rings (SSSR count). The maximum Gasteiger partial charge on any atom is 0.306 e. The van der Waals surface area contributed by atoms with Crippen molar-refractivity contribution in [2.24, 2.45) is 0 Å². The first-order valence-electron chi connectivity index (χ1n) is 28.0. The fourth-order valence-corrected chi connectivity index (χ4v) is 8.27. The molecule has 0 fully saturated rings. The molecule has 0 aromatic rings. The van der Waals surface area contributed by atoms with E-state index >= 15 is 0 Å². The Hall–Kier alpha value is -2.37. The van der Waals surface area contributed by atoms with Crippen LogP contribution in [-0.2, 0) is 28.6 Å². The van der Waals surface area contributed by atoms with Crippen molar-refractivity contribution in [3.05, 3.63) is 36.5 Å². The van der Waals surface area contributed by atoms with Crippen LogP contribution in [0.1, 0.15) is 297 Å². The van der Waals surface area contributed by atoms with Crippen molar-refractivity contribution in [3.63, 3.8) is 0 Å². The highest BCUT2D eigenvalue weighted by molar-refractivity contribution is 5.71. The minimum Gasteiger partial charge on any atom is -0.462 e. The van der Waals surface area contributed by atoms with Crippen LogP contribution in [0.4, 0.5) is 0 Å². The van der Waals surface area contributed by atoms with Crippen molar-refractivity contribution >= 4 is 17.9 Å². The first-order chi connectivity index (χ1) is 31.5. The molecule has 0 aliphatic carbocycles. The third-order valence-electron chi connectivity index (χ3n) is 12.5. The van der Waals surface area contributed by atoms with E-state index in [1.54, 1.807) is 0 Å². The first kappa shape index (κ1) is 61.6. The van der Waals surface area contributed by atoms with Gasteiger partial charge in [-0.15, -0.1) is 0 Å². The largest absolute Gasteiger partial charge is 0.462 e. The Morgan fingerprint density at radius 1 is 0.328 bits per heavy atom. The first-order valence-corrected chi connectivity index (χ1v) is 28.0. The lowest BCUT2D eigenvalue weighted by Gasteiger charge is -2.18. The van der Waals surface area contributed by atoms with Gasteiger partial charge in [0, 0.05) is 19.3 Å². The van der Waals surface area contributed by atoms with Crippen molar-refractivity contribution in [2.75, 3.05) is 13.2 Å². The summed E-state index contributed by atoms with van der Waals surface area (Å²) in [5.41, 5.74) is 0. The Labute approximate surface area is 397 Å². The van der Waals surface area contributed by atoms with Crippen LogP contribution in [0.25, 0.3) is 0 Å². The summed E-state index contributed by atoms with van der Waals surface area (Å²) in [5, 5.41) is 0. The molecule has 0 bridgehead atoms. The van der Waals surface area contributed by atoms with Gasteiger partial charge in [0.1, 0.15) is 13.2 Å². The molecule has 0 aromatic heterocycles. The highest BCUT2D eigenvalue weighted by atomic mass is 16.6. The van der Waals surface area contributed by atoms with Crippen molar-refractivity contribution in [1.29, 1.82) is 0 Å². The fraction of sp³-hybridized carbons (Fsp3) is 0.845. The molecule has 0 N–H and O–H groups in total. The number of unbranched alkanes of at least 4 members (excludes halogenated alkanes) is 36. The van der Waals surface area contributed by atoms with Gasteiger partial charge in [0.25, 0.3) is 0 Å². The van der Waals surface area contributed by atoms with Gasteiger partial charge >= 0.3 is 17.9 Å². The van der Waals surface area contributed by atoms with E-state index in [0.717, 1.165) is 83.5 Å². The van der Waals surface area contributed by atoms with Gasteiger partial charge in [0.2, 0.25) is 0 Å². The summed E-state index contributed by atoms with van der Waals surface area (Å²) in [7, 11) is 0. The predicted molar refractivity (Wildman–Crippen MR) is 275 cm³/mol. The zero-order chi connectivity index (χ0) is 46.5. The summed E-state index contributed by atoms with van der Waals surface area (Å²) in [5.74, 6) is -0.877. The van der Waals surface area contributed by atoms with E-state index in [9.17, 15) is 14.4 Å². The molecule has 0 spiro atoms. The van der Waals surface area contributed by atoms with Gasteiger partial charge in [0.15, 0.2) is 6.10 Å². The highest BCUT2D eigenvalue weighted by Gasteiger charge is 2.19. The van der Waals surface area contributed by atoms with Gasteiger partial charge < -0.3 is 14.2 Å². The molecule has 0 radical (unpaired) electrons. The van der Waals surface area contributed by atoms with E-state index in [1.807, 2.05) is 0 Å². The molecule has 0 saturated carbocycles. The standard InChI is InChI=1S/C58H106O6/c1-4-7-10-13-16-19-22-25-27-29-31-33-36-39-42-45-48-51-57(60)63-54-55(53-62-56(59)50-47-44-41-38-35-32-24-21-18-15-12-9-6-3)64-58(61)52-49-46-43-40-37-34-30-28-26-23-20-17-14-11-8-5-2/h9,12,15,18,21,24,55H,4-8,10-11,13-14,16-17,19-20,22-23,25-54H2,1-3H3/b12-9+,18-15+,24-21+. The van der Waals surface area contributed by atoms with Crippen molar-refractivity contribution in [1.82, 2.24) is 0 Å². The van der Waals surface area contributed by atoms with Crippen LogP contribution in [0.5, 0.6) is 0 Å².